The Morgan fingerprint density at radius 1 is 1.14 bits per heavy atom. The van der Waals surface area contributed by atoms with Crippen LogP contribution in [0.2, 0.25) is 0 Å². The van der Waals surface area contributed by atoms with Gasteiger partial charge in [-0.05, 0) is 6.42 Å². The van der Waals surface area contributed by atoms with Gasteiger partial charge in [0.25, 0.3) is 0 Å². The van der Waals surface area contributed by atoms with Crippen molar-refractivity contribution in [2.24, 2.45) is 0 Å². The van der Waals surface area contributed by atoms with Crippen LogP contribution in [-0.2, 0) is 4.74 Å². The van der Waals surface area contributed by atoms with Crippen LogP contribution in [0.5, 0.6) is 17.2 Å². The number of alkyl halides is 1. The minimum atomic E-state index is -0.0685. The average Bonchev–Trinajstić information content (AvgIpc) is 2.53. The van der Waals surface area contributed by atoms with Gasteiger partial charge in [-0.3, -0.25) is 0 Å². The van der Waals surface area contributed by atoms with Gasteiger partial charge in [0.05, 0.1) is 13.2 Å². The standard InChI is InChI=1S/C16H19ClO4/c1-19-11(7-8-17)10-21-14-9-15(20-2)16(18)13-6-4-3-5-12(13)14/h3-6,9,11,18H,7-8,10H2,1-2H3. The minimum Gasteiger partial charge on any atom is -0.504 e. The van der Waals surface area contributed by atoms with E-state index < -0.39 is 0 Å². The molecule has 0 fully saturated rings. The number of hydrogen-bond donors (Lipinski definition) is 1. The molecule has 1 unspecified atom stereocenters. The van der Waals surface area contributed by atoms with E-state index in [2.05, 4.69) is 0 Å². The van der Waals surface area contributed by atoms with Gasteiger partial charge in [0.15, 0.2) is 11.5 Å². The Kier molecular flexibility index (Phi) is 5.53. The summed E-state index contributed by atoms with van der Waals surface area (Å²) in [6, 6.07) is 9.16. The normalized spacial score (nSPS) is 12.3. The van der Waals surface area contributed by atoms with Gasteiger partial charge in [-0.2, -0.15) is 0 Å². The number of methoxy groups -OCH3 is 2. The summed E-state index contributed by atoms with van der Waals surface area (Å²) in [6.07, 6.45) is 0.645. The van der Waals surface area contributed by atoms with Crippen molar-refractivity contribution in [1.82, 2.24) is 0 Å². The molecule has 2 aromatic carbocycles. The lowest BCUT2D eigenvalue weighted by atomic mass is 10.1. The summed E-state index contributed by atoms with van der Waals surface area (Å²) in [5.41, 5.74) is 0. The van der Waals surface area contributed by atoms with E-state index in [9.17, 15) is 5.11 Å². The summed E-state index contributed by atoms with van der Waals surface area (Å²) in [7, 11) is 3.15. The molecule has 0 aliphatic carbocycles. The molecule has 0 aliphatic rings. The van der Waals surface area contributed by atoms with Gasteiger partial charge in [-0.15, -0.1) is 11.6 Å². The van der Waals surface area contributed by atoms with Gasteiger partial charge in [-0.25, -0.2) is 0 Å². The molecule has 0 aliphatic heterocycles. The summed E-state index contributed by atoms with van der Waals surface area (Å²) in [4.78, 5) is 0. The molecule has 0 saturated carbocycles. The molecule has 21 heavy (non-hydrogen) atoms. The second-order valence-electron chi connectivity index (χ2n) is 4.62. The maximum atomic E-state index is 10.2. The van der Waals surface area contributed by atoms with E-state index >= 15 is 0 Å². The SMILES string of the molecule is COc1cc(OCC(CCCl)OC)c2ccccc2c1O. The second-order valence-corrected chi connectivity index (χ2v) is 5.00. The summed E-state index contributed by atoms with van der Waals surface area (Å²) in [5, 5.41) is 11.7. The van der Waals surface area contributed by atoms with Gasteiger partial charge in [0.2, 0.25) is 0 Å². The highest BCUT2D eigenvalue weighted by Gasteiger charge is 2.14. The van der Waals surface area contributed by atoms with Crippen molar-refractivity contribution >= 4 is 22.4 Å². The number of rotatable bonds is 7. The first kappa shape index (κ1) is 15.7. The number of benzene rings is 2. The zero-order valence-corrected chi connectivity index (χ0v) is 12.9. The van der Waals surface area contributed by atoms with Crippen LogP contribution in [0.3, 0.4) is 0 Å². The second kappa shape index (κ2) is 7.38. The first-order chi connectivity index (χ1) is 10.2. The van der Waals surface area contributed by atoms with Crippen LogP contribution in [0, 0.1) is 0 Å². The summed E-state index contributed by atoms with van der Waals surface area (Å²) in [6.45, 7) is 0.390. The number of ether oxygens (including phenoxy) is 3. The molecule has 0 radical (unpaired) electrons. The summed E-state index contributed by atoms with van der Waals surface area (Å²) in [5.74, 6) is 1.66. The number of fused-ring (bicyclic) bond motifs is 1. The van der Waals surface area contributed by atoms with Crippen molar-refractivity contribution < 1.29 is 19.3 Å². The Balaban J connectivity index is 2.32. The van der Waals surface area contributed by atoms with Crippen molar-refractivity contribution in [3.63, 3.8) is 0 Å². The summed E-state index contributed by atoms with van der Waals surface area (Å²) >= 11 is 5.73. The van der Waals surface area contributed by atoms with Gasteiger partial charge in [0, 0.05) is 29.8 Å². The number of halogens is 1. The van der Waals surface area contributed by atoms with Crippen molar-refractivity contribution in [1.29, 1.82) is 0 Å². The monoisotopic (exact) mass is 310 g/mol. The minimum absolute atomic E-state index is 0.0685. The highest BCUT2D eigenvalue weighted by molar-refractivity contribution is 6.17. The summed E-state index contributed by atoms with van der Waals surface area (Å²) < 4.78 is 16.4. The van der Waals surface area contributed by atoms with E-state index in [-0.39, 0.29) is 11.9 Å². The largest absolute Gasteiger partial charge is 0.504 e. The third-order valence-corrected chi connectivity index (χ3v) is 3.57. The third-order valence-electron chi connectivity index (χ3n) is 3.35. The molecule has 5 heteroatoms. The van der Waals surface area contributed by atoms with Gasteiger partial charge in [-0.1, -0.05) is 24.3 Å². The van der Waals surface area contributed by atoms with Crippen molar-refractivity contribution in [2.45, 2.75) is 12.5 Å². The van der Waals surface area contributed by atoms with E-state index in [0.29, 0.717) is 35.8 Å². The van der Waals surface area contributed by atoms with E-state index in [1.807, 2.05) is 24.3 Å². The van der Waals surface area contributed by atoms with E-state index in [1.54, 1.807) is 13.2 Å². The van der Waals surface area contributed by atoms with Crippen LogP contribution in [0.15, 0.2) is 30.3 Å². The van der Waals surface area contributed by atoms with E-state index in [1.165, 1.54) is 7.11 Å². The topological polar surface area (TPSA) is 47.9 Å². The molecule has 2 aromatic rings. The van der Waals surface area contributed by atoms with Crippen molar-refractivity contribution in [3.05, 3.63) is 30.3 Å². The van der Waals surface area contributed by atoms with E-state index in [0.717, 1.165) is 5.39 Å². The van der Waals surface area contributed by atoms with Gasteiger partial charge >= 0.3 is 0 Å². The van der Waals surface area contributed by atoms with Gasteiger partial charge < -0.3 is 19.3 Å². The fourth-order valence-corrected chi connectivity index (χ4v) is 2.39. The Bertz CT molecular complexity index is 600. The molecule has 4 nitrogen and oxygen atoms in total. The van der Waals surface area contributed by atoms with Gasteiger partial charge in [0.1, 0.15) is 12.4 Å². The molecule has 114 valence electrons. The van der Waals surface area contributed by atoms with Crippen LogP contribution in [0.4, 0.5) is 0 Å². The Morgan fingerprint density at radius 2 is 1.86 bits per heavy atom. The van der Waals surface area contributed by atoms with Crippen molar-refractivity contribution in [2.75, 3.05) is 26.7 Å². The fourth-order valence-electron chi connectivity index (χ4n) is 2.15. The molecule has 0 saturated heterocycles. The molecule has 0 amide bonds. The number of phenolic OH excluding ortho intramolecular Hbond substituents is 1. The zero-order valence-electron chi connectivity index (χ0n) is 12.1. The molecule has 0 heterocycles. The predicted molar refractivity (Wildman–Crippen MR) is 83.8 cm³/mol. The van der Waals surface area contributed by atoms with Crippen LogP contribution < -0.4 is 9.47 Å². The third kappa shape index (κ3) is 3.52. The molecular formula is C16H19ClO4. The number of aromatic hydroxyl groups is 1. The van der Waals surface area contributed by atoms with Crippen LogP contribution >= 0.6 is 11.6 Å². The van der Waals surface area contributed by atoms with Crippen molar-refractivity contribution in [3.8, 4) is 17.2 Å². The molecule has 0 spiro atoms. The van der Waals surface area contributed by atoms with E-state index in [4.69, 9.17) is 25.8 Å². The first-order valence-corrected chi connectivity index (χ1v) is 7.25. The molecule has 0 bridgehead atoms. The number of hydrogen-bond acceptors (Lipinski definition) is 4. The smallest absolute Gasteiger partial charge is 0.165 e. The molecule has 0 aromatic heterocycles. The molecule has 1 N–H and O–H groups in total. The average molecular weight is 311 g/mol. The maximum absolute atomic E-state index is 10.2. The zero-order chi connectivity index (χ0) is 15.2. The quantitative estimate of drug-likeness (QED) is 0.794. The van der Waals surface area contributed by atoms with Crippen LogP contribution in [-0.4, -0.2) is 37.9 Å². The highest BCUT2D eigenvalue weighted by atomic mass is 35.5. The lowest BCUT2D eigenvalue weighted by Crippen LogP contribution is -2.20. The van der Waals surface area contributed by atoms with Crippen LogP contribution in [0.1, 0.15) is 6.42 Å². The lowest BCUT2D eigenvalue weighted by molar-refractivity contribution is 0.0566. The Hall–Kier alpha value is -1.65. The molecule has 2 rings (SSSR count). The Labute approximate surface area is 129 Å². The highest BCUT2D eigenvalue weighted by Crippen LogP contribution is 2.40. The van der Waals surface area contributed by atoms with Crippen LogP contribution in [0.25, 0.3) is 10.8 Å². The fraction of sp³-hybridized carbons (Fsp3) is 0.375. The molecule has 1 atom stereocenters. The molecular weight excluding hydrogens is 292 g/mol. The first-order valence-electron chi connectivity index (χ1n) is 6.71. The maximum Gasteiger partial charge on any atom is 0.165 e. The Morgan fingerprint density at radius 3 is 2.48 bits per heavy atom. The lowest BCUT2D eigenvalue weighted by Gasteiger charge is -2.17. The predicted octanol–water partition coefficient (Wildman–Crippen LogP) is 3.58. The number of phenols is 1.